The maximum absolute atomic E-state index is 3.97. The minimum atomic E-state index is 0. The van der Waals surface area contributed by atoms with Crippen molar-refractivity contribution < 1.29 is 16.5 Å². The SMILES string of the molecule is Sc1ccccn1.[Ni]. The Morgan fingerprint density at radius 3 is 2.38 bits per heavy atom. The van der Waals surface area contributed by atoms with Crippen LogP contribution in [0.25, 0.3) is 0 Å². The molecule has 1 aromatic heterocycles. The molecular weight excluding hydrogens is 165 g/mol. The summed E-state index contributed by atoms with van der Waals surface area (Å²) in [5, 5.41) is 0.766. The molecule has 0 amide bonds. The summed E-state index contributed by atoms with van der Waals surface area (Å²) in [4.78, 5) is 3.84. The van der Waals surface area contributed by atoms with Gasteiger partial charge in [0.15, 0.2) is 0 Å². The molecule has 0 aliphatic heterocycles. The molecule has 8 heavy (non-hydrogen) atoms. The van der Waals surface area contributed by atoms with Crippen LogP contribution in [0.1, 0.15) is 0 Å². The van der Waals surface area contributed by atoms with Crippen molar-refractivity contribution in [3.63, 3.8) is 0 Å². The standard InChI is InChI=1S/C5H5NS.Ni/c7-5-3-1-2-4-6-5;/h1-4H,(H,6,7);. The second kappa shape index (κ2) is 3.93. The van der Waals surface area contributed by atoms with Crippen molar-refractivity contribution in [2.24, 2.45) is 0 Å². The van der Waals surface area contributed by atoms with Crippen molar-refractivity contribution in [3.05, 3.63) is 24.4 Å². The van der Waals surface area contributed by atoms with E-state index in [9.17, 15) is 0 Å². The molecule has 0 radical (unpaired) electrons. The molecule has 0 atom stereocenters. The monoisotopic (exact) mass is 169 g/mol. The van der Waals surface area contributed by atoms with Crippen molar-refractivity contribution >= 4 is 12.6 Å². The Morgan fingerprint density at radius 2 is 2.12 bits per heavy atom. The summed E-state index contributed by atoms with van der Waals surface area (Å²) < 4.78 is 0. The van der Waals surface area contributed by atoms with Crippen LogP contribution in [0, 0.1) is 0 Å². The summed E-state index contributed by atoms with van der Waals surface area (Å²) in [6.45, 7) is 0. The summed E-state index contributed by atoms with van der Waals surface area (Å²) >= 11 is 3.97. The summed E-state index contributed by atoms with van der Waals surface area (Å²) in [7, 11) is 0. The van der Waals surface area contributed by atoms with Gasteiger partial charge in [0, 0.05) is 22.7 Å². The zero-order chi connectivity index (χ0) is 5.11. The van der Waals surface area contributed by atoms with Crippen LogP contribution in [0.2, 0.25) is 0 Å². The van der Waals surface area contributed by atoms with Crippen molar-refractivity contribution in [2.75, 3.05) is 0 Å². The first-order chi connectivity index (χ1) is 3.39. The Kier molecular flexibility index (Phi) is 3.93. The zero-order valence-electron chi connectivity index (χ0n) is 4.02. The van der Waals surface area contributed by atoms with E-state index in [2.05, 4.69) is 17.6 Å². The maximum atomic E-state index is 3.97. The van der Waals surface area contributed by atoms with E-state index in [-0.39, 0.29) is 16.5 Å². The van der Waals surface area contributed by atoms with Crippen molar-refractivity contribution in [3.8, 4) is 0 Å². The van der Waals surface area contributed by atoms with Crippen molar-refractivity contribution in [1.29, 1.82) is 0 Å². The first-order valence-electron chi connectivity index (χ1n) is 1.99. The minimum Gasteiger partial charge on any atom is -0.250 e. The summed E-state index contributed by atoms with van der Waals surface area (Å²) in [6, 6.07) is 5.60. The second-order valence-corrected chi connectivity index (χ2v) is 1.65. The molecule has 1 nitrogen and oxygen atoms in total. The molecule has 0 bridgehead atoms. The Balaban J connectivity index is 0.000000490. The molecule has 1 heterocycles. The summed E-state index contributed by atoms with van der Waals surface area (Å²) in [5.74, 6) is 0. The Bertz CT molecular complexity index is 142. The van der Waals surface area contributed by atoms with Crippen LogP contribution in [-0.4, -0.2) is 4.98 Å². The van der Waals surface area contributed by atoms with E-state index in [1.54, 1.807) is 6.20 Å². The van der Waals surface area contributed by atoms with Gasteiger partial charge in [-0.2, -0.15) is 0 Å². The molecule has 0 aliphatic carbocycles. The smallest absolute Gasteiger partial charge is 0.0929 e. The fourth-order valence-electron chi connectivity index (χ4n) is 0.354. The van der Waals surface area contributed by atoms with E-state index in [1.807, 2.05) is 18.2 Å². The van der Waals surface area contributed by atoms with E-state index in [0.717, 1.165) is 5.03 Å². The first-order valence-corrected chi connectivity index (χ1v) is 2.44. The molecule has 0 N–H and O–H groups in total. The van der Waals surface area contributed by atoms with Gasteiger partial charge >= 0.3 is 0 Å². The predicted molar refractivity (Wildman–Crippen MR) is 31.5 cm³/mol. The summed E-state index contributed by atoms with van der Waals surface area (Å²) in [5.41, 5.74) is 0. The minimum absolute atomic E-state index is 0. The zero-order valence-corrected chi connectivity index (χ0v) is 5.90. The van der Waals surface area contributed by atoms with Crippen LogP contribution in [0.4, 0.5) is 0 Å². The van der Waals surface area contributed by atoms with E-state index >= 15 is 0 Å². The summed E-state index contributed by atoms with van der Waals surface area (Å²) in [6.07, 6.45) is 1.71. The molecule has 0 saturated carbocycles. The molecule has 3 heteroatoms. The van der Waals surface area contributed by atoms with Crippen LogP contribution in [0.3, 0.4) is 0 Å². The molecule has 0 aromatic carbocycles. The Morgan fingerprint density at radius 1 is 1.38 bits per heavy atom. The number of thiol groups is 1. The molecule has 0 spiro atoms. The maximum Gasteiger partial charge on any atom is 0.0929 e. The Hall–Kier alpha value is -0.00649. The predicted octanol–water partition coefficient (Wildman–Crippen LogP) is 1.37. The number of rotatable bonds is 0. The molecule has 0 aliphatic rings. The van der Waals surface area contributed by atoms with Gasteiger partial charge in [0.1, 0.15) is 0 Å². The van der Waals surface area contributed by atoms with Crippen molar-refractivity contribution in [2.45, 2.75) is 5.03 Å². The van der Waals surface area contributed by atoms with Gasteiger partial charge in [0.25, 0.3) is 0 Å². The van der Waals surface area contributed by atoms with Gasteiger partial charge in [-0.05, 0) is 12.1 Å². The number of hydrogen-bond donors (Lipinski definition) is 1. The van der Waals surface area contributed by atoms with Crippen LogP contribution < -0.4 is 0 Å². The van der Waals surface area contributed by atoms with Gasteiger partial charge in [-0.1, -0.05) is 6.07 Å². The van der Waals surface area contributed by atoms with Gasteiger partial charge in [0.05, 0.1) is 5.03 Å². The van der Waals surface area contributed by atoms with Crippen LogP contribution in [0.5, 0.6) is 0 Å². The topological polar surface area (TPSA) is 12.9 Å². The molecule has 0 saturated heterocycles. The molecular formula is C5H5NNiS. The van der Waals surface area contributed by atoms with Gasteiger partial charge in [-0.15, -0.1) is 12.6 Å². The molecule has 1 aromatic rings. The van der Waals surface area contributed by atoms with Gasteiger partial charge in [-0.3, -0.25) is 4.98 Å². The normalized spacial score (nSPS) is 7.62. The first kappa shape index (κ1) is 7.99. The van der Waals surface area contributed by atoms with Gasteiger partial charge in [0.2, 0.25) is 0 Å². The third-order valence-corrected chi connectivity index (χ3v) is 0.914. The van der Waals surface area contributed by atoms with Crippen LogP contribution in [-0.2, 0) is 16.5 Å². The second-order valence-electron chi connectivity index (χ2n) is 1.19. The molecule has 0 unspecified atom stereocenters. The van der Waals surface area contributed by atoms with E-state index < -0.39 is 0 Å². The van der Waals surface area contributed by atoms with E-state index in [0.29, 0.717) is 0 Å². The largest absolute Gasteiger partial charge is 0.250 e. The molecule has 46 valence electrons. The average Bonchev–Trinajstić information content (AvgIpc) is 1.69. The third kappa shape index (κ3) is 2.34. The van der Waals surface area contributed by atoms with Crippen LogP contribution >= 0.6 is 12.6 Å². The number of nitrogens with zero attached hydrogens (tertiary/aromatic N) is 1. The van der Waals surface area contributed by atoms with Gasteiger partial charge in [-0.25, -0.2) is 0 Å². The van der Waals surface area contributed by atoms with E-state index in [4.69, 9.17) is 0 Å². The molecule has 1 rings (SSSR count). The number of hydrogen-bond acceptors (Lipinski definition) is 2. The van der Waals surface area contributed by atoms with E-state index in [1.165, 1.54) is 0 Å². The van der Waals surface area contributed by atoms with Crippen LogP contribution in [0.15, 0.2) is 29.4 Å². The number of aromatic nitrogens is 1. The van der Waals surface area contributed by atoms with Crippen molar-refractivity contribution in [1.82, 2.24) is 4.98 Å². The fourth-order valence-corrected chi connectivity index (χ4v) is 0.506. The fraction of sp³-hybridized carbons (Fsp3) is 0. The average molecular weight is 170 g/mol. The van der Waals surface area contributed by atoms with Gasteiger partial charge < -0.3 is 0 Å². The Labute approximate surface area is 63.9 Å². The quantitative estimate of drug-likeness (QED) is 0.458. The number of pyridine rings is 1. The third-order valence-electron chi connectivity index (χ3n) is 0.649. The molecule has 0 fully saturated rings.